The van der Waals surface area contributed by atoms with Crippen molar-refractivity contribution < 1.29 is 14.3 Å². The van der Waals surface area contributed by atoms with Crippen LogP contribution in [0.4, 0.5) is 0 Å². The molecule has 68 valence electrons. The molecule has 1 amide bonds. The number of ether oxygens (including phenoxy) is 1. The van der Waals surface area contributed by atoms with Gasteiger partial charge in [-0.1, -0.05) is 0 Å². The number of amides is 1. The second kappa shape index (κ2) is 4.74. The van der Waals surface area contributed by atoms with E-state index in [-0.39, 0.29) is 5.91 Å². The lowest BCUT2D eigenvalue weighted by Gasteiger charge is -2.14. The second-order valence-electron chi connectivity index (χ2n) is 2.80. The van der Waals surface area contributed by atoms with E-state index in [0.717, 1.165) is 19.4 Å². The molecule has 0 unspecified atom stereocenters. The Balaban J connectivity index is 2.06. The summed E-state index contributed by atoms with van der Waals surface area (Å²) in [6.45, 7) is 2.42. The summed E-state index contributed by atoms with van der Waals surface area (Å²) in [4.78, 5) is 22.6. The fourth-order valence-corrected chi connectivity index (χ4v) is 1.33. The van der Waals surface area contributed by atoms with Crippen LogP contribution in [0.5, 0.6) is 0 Å². The van der Waals surface area contributed by atoms with E-state index < -0.39 is 0 Å². The molecule has 0 aromatic carbocycles. The Kier molecular flexibility index (Phi) is 3.57. The monoisotopic (exact) mass is 171 g/mol. The van der Waals surface area contributed by atoms with Crippen molar-refractivity contribution in [1.29, 1.82) is 0 Å². The standard InChI is InChI=1S/C8H13NO3/c10-7-12-6-2-5-9-4-1-3-8(9)11/h7H,1-6H2. The van der Waals surface area contributed by atoms with Gasteiger partial charge in [-0.2, -0.15) is 0 Å². The van der Waals surface area contributed by atoms with Gasteiger partial charge < -0.3 is 9.64 Å². The minimum atomic E-state index is 0.223. The largest absolute Gasteiger partial charge is 0.468 e. The Hall–Kier alpha value is -1.06. The molecule has 0 saturated carbocycles. The summed E-state index contributed by atoms with van der Waals surface area (Å²) in [7, 11) is 0. The number of likely N-dealkylation sites (tertiary alicyclic amines) is 1. The molecule has 4 heteroatoms. The molecule has 0 bridgehead atoms. The highest BCUT2D eigenvalue weighted by Crippen LogP contribution is 2.09. The molecular weight excluding hydrogens is 158 g/mol. The predicted molar refractivity (Wildman–Crippen MR) is 42.4 cm³/mol. The second-order valence-corrected chi connectivity index (χ2v) is 2.80. The number of rotatable bonds is 5. The van der Waals surface area contributed by atoms with E-state index >= 15 is 0 Å². The average Bonchev–Trinajstić information content (AvgIpc) is 2.46. The van der Waals surface area contributed by atoms with Crippen molar-refractivity contribution in [3.05, 3.63) is 0 Å². The maximum Gasteiger partial charge on any atom is 0.293 e. The van der Waals surface area contributed by atoms with Crippen molar-refractivity contribution in [2.75, 3.05) is 19.7 Å². The molecule has 12 heavy (non-hydrogen) atoms. The third-order valence-corrected chi connectivity index (χ3v) is 1.93. The van der Waals surface area contributed by atoms with E-state index in [1.54, 1.807) is 0 Å². The summed E-state index contributed by atoms with van der Waals surface area (Å²) in [5, 5.41) is 0. The van der Waals surface area contributed by atoms with Crippen LogP contribution in [0.2, 0.25) is 0 Å². The van der Waals surface area contributed by atoms with E-state index in [2.05, 4.69) is 4.74 Å². The van der Waals surface area contributed by atoms with Crippen LogP contribution in [0.25, 0.3) is 0 Å². The molecule has 0 radical (unpaired) electrons. The van der Waals surface area contributed by atoms with Crippen LogP contribution in [-0.4, -0.2) is 37.0 Å². The van der Waals surface area contributed by atoms with Gasteiger partial charge in [-0.05, 0) is 12.8 Å². The minimum Gasteiger partial charge on any atom is -0.468 e. The number of carbonyl (C=O) groups excluding carboxylic acids is 2. The molecular formula is C8H13NO3. The lowest BCUT2D eigenvalue weighted by atomic mass is 10.4. The van der Waals surface area contributed by atoms with E-state index in [9.17, 15) is 9.59 Å². The third kappa shape index (κ3) is 2.53. The normalized spacial score (nSPS) is 16.7. The molecule has 0 aromatic heterocycles. The first kappa shape index (κ1) is 9.03. The summed E-state index contributed by atoms with van der Waals surface area (Å²) in [6, 6.07) is 0. The van der Waals surface area contributed by atoms with Crippen LogP contribution in [0.3, 0.4) is 0 Å². The molecule has 4 nitrogen and oxygen atoms in total. The lowest BCUT2D eigenvalue weighted by Crippen LogP contribution is -2.26. The molecule has 1 rings (SSSR count). The molecule has 1 fully saturated rings. The topological polar surface area (TPSA) is 46.6 Å². The molecule has 0 aromatic rings. The number of hydrogen-bond acceptors (Lipinski definition) is 3. The SMILES string of the molecule is O=COCCCN1CCCC1=O. The van der Waals surface area contributed by atoms with E-state index in [0.29, 0.717) is 26.0 Å². The number of carbonyl (C=O) groups is 2. The Morgan fingerprint density at radius 2 is 2.42 bits per heavy atom. The van der Waals surface area contributed by atoms with Crippen molar-refractivity contribution in [2.24, 2.45) is 0 Å². The molecule has 0 spiro atoms. The molecule has 0 atom stereocenters. The molecule has 0 N–H and O–H groups in total. The summed E-state index contributed by atoms with van der Waals surface area (Å²) < 4.78 is 4.51. The fraction of sp³-hybridized carbons (Fsp3) is 0.750. The maximum atomic E-state index is 11.1. The highest BCUT2D eigenvalue weighted by atomic mass is 16.5. The number of nitrogens with zero attached hydrogens (tertiary/aromatic N) is 1. The van der Waals surface area contributed by atoms with Crippen LogP contribution in [-0.2, 0) is 14.3 Å². The maximum absolute atomic E-state index is 11.1. The van der Waals surface area contributed by atoms with Gasteiger partial charge in [0.25, 0.3) is 6.47 Å². The first-order chi connectivity index (χ1) is 5.84. The molecule has 1 saturated heterocycles. The van der Waals surface area contributed by atoms with Crippen LogP contribution < -0.4 is 0 Å². The van der Waals surface area contributed by atoms with E-state index in [4.69, 9.17) is 0 Å². The highest BCUT2D eigenvalue weighted by Gasteiger charge is 2.18. The predicted octanol–water partition coefficient (Wildman–Crippen LogP) is 0.172. The first-order valence-corrected chi connectivity index (χ1v) is 4.17. The van der Waals surface area contributed by atoms with E-state index in [1.807, 2.05) is 4.90 Å². The number of hydrogen-bond donors (Lipinski definition) is 0. The summed E-state index contributed by atoms with van der Waals surface area (Å²) in [6.07, 6.45) is 2.38. The van der Waals surface area contributed by atoms with Gasteiger partial charge >= 0.3 is 0 Å². The highest BCUT2D eigenvalue weighted by molar-refractivity contribution is 5.77. The van der Waals surface area contributed by atoms with Crippen molar-refractivity contribution in [1.82, 2.24) is 4.90 Å². The van der Waals surface area contributed by atoms with Crippen molar-refractivity contribution in [3.63, 3.8) is 0 Å². The van der Waals surface area contributed by atoms with Crippen molar-refractivity contribution in [3.8, 4) is 0 Å². The van der Waals surface area contributed by atoms with Crippen LogP contribution >= 0.6 is 0 Å². The molecule has 1 aliphatic rings. The average molecular weight is 171 g/mol. The minimum absolute atomic E-state index is 0.223. The molecule has 0 aliphatic carbocycles. The first-order valence-electron chi connectivity index (χ1n) is 4.17. The Bertz CT molecular complexity index is 170. The Morgan fingerprint density at radius 1 is 1.58 bits per heavy atom. The van der Waals surface area contributed by atoms with Gasteiger partial charge in [-0.25, -0.2) is 0 Å². The lowest BCUT2D eigenvalue weighted by molar-refractivity contribution is -0.129. The Labute approximate surface area is 71.5 Å². The van der Waals surface area contributed by atoms with Gasteiger partial charge in [0.2, 0.25) is 5.91 Å². The Morgan fingerprint density at radius 3 is 3.00 bits per heavy atom. The van der Waals surface area contributed by atoms with Gasteiger partial charge in [0.1, 0.15) is 0 Å². The summed E-state index contributed by atoms with van der Waals surface area (Å²) in [5.41, 5.74) is 0. The zero-order valence-electron chi connectivity index (χ0n) is 6.99. The van der Waals surface area contributed by atoms with Crippen LogP contribution in [0.15, 0.2) is 0 Å². The van der Waals surface area contributed by atoms with Gasteiger partial charge in [0, 0.05) is 19.5 Å². The molecule has 1 aliphatic heterocycles. The van der Waals surface area contributed by atoms with Gasteiger partial charge in [-0.3, -0.25) is 9.59 Å². The fourth-order valence-electron chi connectivity index (χ4n) is 1.33. The van der Waals surface area contributed by atoms with E-state index in [1.165, 1.54) is 0 Å². The summed E-state index contributed by atoms with van der Waals surface area (Å²) in [5.74, 6) is 0.223. The third-order valence-electron chi connectivity index (χ3n) is 1.93. The van der Waals surface area contributed by atoms with Crippen LogP contribution in [0, 0.1) is 0 Å². The molecule has 1 heterocycles. The van der Waals surface area contributed by atoms with Gasteiger partial charge in [0.15, 0.2) is 0 Å². The zero-order valence-corrected chi connectivity index (χ0v) is 6.99. The quantitative estimate of drug-likeness (QED) is 0.437. The van der Waals surface area contributed by atoms with Crippen LogP contribution in [0.1, 0.15) is 19.3 Å². The summed E-state index contributed by atoms with van der Waals surface area (Å²) >= 11 is 0. The van der Waals surface area contributed by atoms with Crippen molar-refractivity contribution in [2.45, 2.75) is 19.3 Å². The van der Waals surface area contributed by atoms with Gasteiger partial charge in [-0.15, -0.1) is 0 Å². The van der Waals surface area contributed by atoms with Gasteiger partial charge in [0.05, 0.1) is 6.61 Å². The smallest absolute Gasteiger partial charge is 0.293 e. The zero-order chi connectivity index (χ0) is 8.81. The van der Waals surface area contributed by atoms with Crippen molar-refractivity contribution >= 4 is 12.4 Å².